The van der Waals surface area contributed by atoms with E-state index in [4.69, 9.17) is 0 Å². The molecule has 0 heterocycles. The summed E-state index contributed by atoms with van der Waals surface area (Å²) in [6.07, 6.45) is 2.28. The van der Waals surface area contributed by atoms with Crippen molar-refractivity contribution in [2.24, 2.45) is 5.92 Å². The second-order valence-electron chi connectivity index (χ2n) is 4.70. The molecule has 17 heavy (non-hydrogen) atoms. The average molecular weight is 235 g/mol. The van der Waals surface area contributed by atoms with Crippen molar-refractivity contribution in [1.29, 1.82) is 0 Å². The van der Waals surface area contributed by atoms with E-state index in [-0.39, 0.29) is 11.7 Å². The lowest BCUT2D eigenvalue weighted by Crippen LogP contribution is -2.25. The number of phenolic OH excluding ortho intramolecular Hbond substituents is 1. The number of phenols is 1. The molecule has 1 amide bonds. The minimum atomic E-state index is 0.110. The summed E-state index contributed by atoms with van der Waals surface area (Å²) < 4.78 is 0. The Morgan fingerprint density at radius 1 is 1.41 bits per heavy atom. The van der Waals surface area contributed by atoms with Crippen LogP contribution in [0.2, 0.25) is 0 Å². The van der Waals surface area contributed by atoms with Crippen molar-refractivity contribution in [1.82, 2.24) is 5.32 Å². The fourth-order valence-corrected chi connectivity index (χ4v) is 1.57. The van der Waals surface area contributed by atoms with Crippen molar-refractivity contribution in [3.8, 4) is 5.75 Å². The van der Waals surface area contributed by atoms with E-state index in [1.54, 1.807) is 12.1 Å². The maximum Gasteiger partial charge on any atom is 0.220 e. The first-order valence-electron chi connectivity index (χ1n) is 6.12. The SMILES string of the molecule is CC(C)CCC(=O)NCCc1cccc(O)c1. The highest BCUT2D eigenvalue weighted by molar-refractivity contribution is 5.75. The zero-order valence-corrected chi connectivity index (χ0v) is 10.6. The van der Waals surface area contributed by atoms with E-state index >= 15 is 0 Å². The molecular formula is C14H21NO2. The predicted molar refractivity (Wildman–Crippen MR) is 68.9 cm³/mol. The molecule has 1 aromatic rings. The van der Waals surface area contributed by atoms with Gasteiger partial charge in [-0.3, -0.25) is 4.79 Å². The van der Waals surface area contributed by atoms with Crippen molar-refractivity contribution < 1.29 is 9.90 Å². The number of hydrogen-bond donors (Lipinski definition) is 2. The molecule has 3 nitrogen and oxygen atoms in total. The molecule has 0 saturated carbocycles. The molecule has 0 atom stereocenters. The van der Waals surface area contributed by atoms with Crippen LogP contribution in [-0.2, 0) is 11.2 Å². The molecule has 0 spiro atoms. The van der Waals surface area contributed by atoms with Gasteiger partial charge >= 0.3 is 0 Å². The third kappa shape index (κ3) is 5.95. The fourth-order valence-electron chi connectivity index (χ4n) is 1.57. The van der Waals surface area contributed by atoms with Crippen LogP contribution < -0.4 is 5.32 Å². The highest BCUT2D eigenvalue weighted by atomic mass is 16.3. The van der Waals surface area contributed by atoms with Gasteiger partial charge in [-0.05, 0) is 36.5 Å². The maximum absolute atomic E-state index is 11.4. The van der Waals surface area contributed by atoms with Gasteiger partial charge in [0.15, 0.2) is 0 Å². The Labute approximate surface area is 103 Å². The van der Waals surface area contributed by atoms with Crippen LogP contribution >= 0.6 is 0 Å². The number of hydrogen-bond acceptors (Lipinski definition) is 2. The van der Waals surface area contributed by atoms with E-state index in [9.17, 15) is 9.90 Å². The van der Waals surface area contributed by atoms with Crippen LogP contribution in [-0.4, -0.2) is 17.6 Å². The molecule has 0 fully saturated rings. The maximum atomic E-state index is 11.4. The highest BCUT2D eigenvalue weighted by Gasteiger charge is 2.02. The Morgan fingerprint density at radius 2 is 2.18 bits per heavy atom. The van der Waals surface area contributed by atoms with Gasteiger partial charge in [0.05, 0.1) is 0 Å². The molecule has 94 valence electrons. The monoisotopic (exact) mass is 235 g/mol. The van der Waals surface area contributed by atoms with Crippen LogP contribution in [0.15, 0.2) is 24.3 Å². The zero-order valence-electron chi connectivity index (χ0n) is 10.6. The molecule has 0 aliphatic heterocycles. The van der Waals surface area contributed by atoms with Crippen LogP contribution in [0, 0.1) is 5.92 Å². The zero-order chi connectivity index (χ0) is 12.7. The van der Waals surface area contributed by atoms with E-state index in [2.05, 4.69) is 19.2 Å². The average Bonchev–Trinajstić information content (AvgIpc) is 2.26. The molecule has 2 N–H and O–H groups in total. The Hall–Kier alpha value is -1.51. The fraction of sp³-hybridized carbons (Fsp3) is 0.500. The van der Waals surface area contributed by atoms with Crippen molar-refractivity contribution in [3.63, 3.8) is 0 Å². The smallest absolute Gasteiger partial charge is 0.220 e. The van der Waals surface area contributed by atoms with Crippen molar-refractivity contribution >= 4 is 5.91 Å². The van der Waals surface area contributed by atoms with Gasteiger partial charge in [-0.1, -0.05) is 26.0 Å². The summed E-state index contributed by atoms with van der Waals surface area (Å²) in [4.78, 5) is 11.4. The Bertz CT molecular complexity index is 361. The van der Waals surface area contributed by atoms with Crippen LogP contribution in [0.5, 0.6) is 5.75 Å². The van der Waals surface area contributed by atoms with E-state index in [1.807, 2.05) is 12.1 Å². The number of carbonyl (C=O) groups is 1. The van der Waals surface area contributed by atoms with Crippen LogP contribution in [0.25, 0.3) is 0 Å². The summed E-state index contributed by atoms with van der Waals surface area (Å²) in [5.74, 6) is 0.944. The second kappa shape index (κ2) is 6.94. The lowest BCUT2D eigenvalue weighted by Gasteiger charge is -2.07. The van der Waals surface area contributed by atoms with E-state index < -0.39 is 0 Å². The van der Waals surface area contributed by atoms with Gasteiger partial charge < -0.3 is 10.4 Å². The molecule has 0 bridgehead atoms. The topological polar surface area (TPSA) is 49.3 Å². The van der Waals surface area contributed by atoms with Gasteiger partial charge in [-0.2, -0.15) is 0 Å². The summed E-state index contributed by atoms with van der Waals surface area (Å²) in [7, 11) is 0. The van der Waals surface area contributed by atoms with Crippen LogP contribution in [0.1, 0.15) is 32.3 Å². The summed E-state index contributed by atoms with van der Waals surface area (Å²) in [6, 6.07) is 7.12. The molecule has 0 aliphatic carbocycles. The van der Waals surface area contributed by atoms with Gasteiger partial charge in [-0.25, -0.2) is 0 Å². The molecule has 1 rings (SSSR count). The first-order valence-corrected chi connectivity index (χ1v) is 6.12. The molecular weight excluding hydrogens is 214 g/mol. The molecule has 0 aliphatic rings. The normalized spacial score (nSPS) is 10.5. The standard InChI is InChI=1S/C14H21NO2/c1-11(2)6-7-14(17)15-9-8-12-4-3-5-13(16)10-12/h3-5,10-11,16H,6-9H2,1-2H3,(H,15,17). The van der Waals surface area contributed by atoms with Crippen LogP contribution in [0.4, 0.5) is 0 Å². The van der Waals surface area contributed by atoms with Gasteiger partial charge in [0.2, 0.25) is 5.91 Å². The Balaban J connectivity index is 2.21. The summed E-state index contributed by atoms with van der Waals surface area (Å²) >= 11 is 0. The van der Waals surface area contributed by atoms with Gasteiger partial charge in [0.25, 0.3) is 0 Å². The number of aromatic hydroxyl groups is 1. The third-order valence-electron chi connectivity index (χ3n) is 2.60. The molecule has 0 radical (unpaired) electrons. The van der Waals surface area contributed by atoms with Gasteiger partial charge in [0.1, 0.15) is 5.75 Å². The molecule has 1 aromatic carbocycles. The largest absolute Gasteiger partial charge is 0.508 e. The summed E-state index contributed by atoms with van der Waals surface area (Å²) in [6.45, 7) is 4.85. The Kier molecular flexibility index (Phi) is 5.53. The quantitative estimate of drug-likeness (QED) is 0.796. The second-order valence-corrected chi connectivity index (χ2v) is 4.70. The van der Waals surface area contributed by atoms with Crippen molar-refractivity contribution in [3.05, 3.63) is 29.8 Å². The molecule has 0 aromatic heterocycles. The first-order chi connectivity index (χ1) is 8.08. The predicted octanol–water partition coefficient (Wildman–Crippen LogP) is 2.49. The summed E-state index contributed by atoms with van der Waals surface area (Å²) in [5.41, 5.74) is 1.04. The van der Waals surface area contributed by atoms with E-state index in [1.165, 1.54) is 0 Å². The number of carbonyl (C=O) groups excluding carboxylic acids is 1. The van der Waals surface area contributed by atoms with Crippen LogP contribution in [0.3, 0.4) is 0 Å². The Morgan fingerprint density at radius 3 is 2.82 bits per heavy atom. The lowest BCUT2D eigenvalue weighted by molar-refractivity contribution is -0.121. The molecule has 0 unspecified atom stereocenters. The number of amides is 1. The van der Waals surface area contributed by atoms with Crippen molar-refractivity contribution in [2.75, 3.05) is 6.54 Å². The number of rotatable bonds is 6. The van der Waals surface area contributed by atoms with Crippen molar-refractivity contribution in [2.45, 2.75) is 33.1 Å². The van der Waals surface area contributed by atoms with E-state index in [0.29, 0.717) is 18.9 Å². The minimum absolute atomic E-state index is 0.110. The lowest BCUT2D eigenvalue weighted by atomic mass is 10.1. The molecule has 0 saturated heterocycles. The van der Waals surface area contributed by atoms with E-state index in [0.717, 1.165) is 18.4 Å². The highest BCUT2D eigenvalue weighted by Crippen LogP contribution is 2.10. The number of nitrogens with one attached hydrogen (secondary N) is 1. The van der Waals surface area contributed by atoms with Gasteiger partial charge in [0, 0.05) is 13.0 Å². The number of benzene rings is 1. The van der Waals surface area contributed by atoms with Gasteiger partial charge in [-0.15, -0.1) is 0 Å². The molecule has 3 heteroatoms. The first kappa shape index (κ1) is 13.6. The summed E-state index contributed by atoms with van der Waals surface area (Å²) in [5, 5.41) is 12.2. The minimum Gasteiger partial charge on any atom is -0.508 e. The third-order valence-corrected chi connectivity index (χ3v) is 2.60.